The molecule has 0 aliphatic heterocycles. The largest absolute Gasteiger partial charge is 0.310 e. The summed E-state index contributed by atoms with van der Waals surface area (Å²) in [6.45, 7) is 0. The maximum Gasteiger partial charge on any atom is 0.0973 e. The summed E-state index contributed by atoms with van der Waals surface area (Å²) >= 11 is 0. The van der Waals surface area contributed by atoms with E-state index in [1.807, 2.05) is 12.1 Å². The van der Waals surface area contributed by atoms with Crippen molar-refractivity contribution in [1.29, 1.82) is 0 Å². The van der Waals surface area contributed by atoms with Crippen LogP contribution >= 0.6 is 0 Å². The van der Waals surface area contributed by atoms with Crippen LogP contribution in [-0.4, -0.2) is 9.97 Å². The summed E-state index contributed by atoms with van der Waals surface area (Å²) in [4.78, 5) is 15.5. The molecule has 0 saturated carbocycles. The normalized spacial score (nSPS) is 11.1. The lowest BCUT2D eigenvalue weighted by Crippen LogP contribution is -2.10. The average Bonchev–Trinajstić information content (AvgIpc) is 3.76. The Morgan fingerprint density at radius 3 is 0.750 bits per heavy atom. The quantitative estimate of drug-likeness (QED) is 0.109. The Morgan fingerprint density at radius 1 is 0.167 bits per heavy atom. The number of benzene rings is 13. The summed E-state index contributed by atoms with van der Waals surface area (Å²) < 4.78 is 0. The molecule has 0 radical (unpaired) electrons. The minimum Gasteiger partial charge on any atom is -0.310 e. The van der Waals surface area contributed by atoms with Gasteiger partial charge in [0.15, 0.2) is 0 Å². The van der Waals surface area contributed by atoms with Gasteiger partial charge in [-0.25, -0.2) is 9.97 Å². The van der Waals surface area contributed by atoms with Crippen molar-refractivity contribution >= 4 is 45.2 Å². The molecule has 84 heavy (non-hydrogen) atoms. The Balaban J connectivity index is 0.874. The molecule has 0 saturated heterocycles. The van der Waals surface area contributed by atoms with Crippen LogP contribution in [0.3, 0.4) is 0 Å². The first kappa shape index (κ1) is 51.0. The fraction of sp³-hybridized carbons (Fsp3) is 0. The molecule has 0 fully saturated rings. The van der Waals surface area contributed by atoms with Gasteiger partial charge in [-0.15, -0.1) is 0 Å². The van der Waals surface area contributed by atoms with E-state index in [0.29, 0.717) is 0 Å². The molecule has 0 bridgehead atoms. The molecule has 0 N–H and O–H groups in total. The predicted octanol–water partition coefficient (Wildman–Crippen LogP) is 21.9. The van der Waals surface area contributed by atoms with Crippen molar-refractivity contribution in [3.63, 3.8) is 0 Å². The van der Waals surface area contributed by atoms with Crippen LogP contribution in [0.4, 0.5) is 34.1 Å². The van der Waals surface area contributed by atoms with Crippen LogP contribution in [0.5, 0.6) is 0 Å². The van der Waals surface area contributed by atoms with Gasteiger partial charge >= 0.3 is 0 Å². The molecular formula is C80H56N4. The van der Waals surface area contributed by atoms with Gasteiger partial charge < -0.3 is 9.80 Å². The molecule has 14 aromatic rings. The van der Waals surface area contributed by atoms with Crippen molar-refractivity contribution in [3.05, 3.63) is 340 Å². The standard InChI is InChI=1S/C80H56N4/c1-7-25-57(26-8-1)69-37-19-21-39-73(69)75-55-67(83(63-29-11-3-12-30-63)64-31-13-4-14-32-64)51-53-71(75)59-43-47-61(48-44-59)79-80(82-78-42-24-23-41-77(78)81-79)62-49-45-60(46-50-62)72-54-52-68(84(65-33-15-5-16-34-65)66-35-17-6-18-36-66)56-76(72)74-40-22-20-38-70(74)58-27-9-2-10-28-58/h1-56H. The highest BCUT2D eigenvalue weighted by Crippen LogP contribution is 2.46. The van der Waals surface area contributed by atoms with Gasteiger partial charge in [-0.05, 0) is 152 Å². The molecule has 0 aliphatic rings. The molecule has 4 heteroatoms. The molecule has 1 heterocycles. The van der Waals surface area contributed by atoms with E-state index in [-0.39, 0.29) is 0 Å². The number of nitrogens with zero attached hydrogens (tertiary/aromatic N) is 4. The van der Waals surface area contributed by atoms with E-state index >= 15 is 0 Å². The summed E-state index contributed by atoms with van der Waals surface area (Å²) in [7, 11) is 0. The van der Waals surface area contributed by atoms with Gasteiger partial charge in [-0.3, -0.25) is 0 Å². The molecule has 0 unspecified atom stereocenters. The lowest BCUT2D eigenvalue weighted by atomic mass is 9.88. The molecule has 0 amide bonds. The SMILES string of the molecule is c1ccc(-c2ccccc2-c2cc(N(c3ccccc3)c3ccccc3)ccc2-c2ccc(-c3nc4ccccc4nc3-c3ccc(-c4ccc(N(c5ccccc5)c5ccccc5)cc4-c4ccccc4-c4ccccc4)cc3)cc2)cc1. The van der Waals surface area contributed by atoms with Gasteiger partial charge in [0.1, 0.15) is 0 Å². The third-order valence-electron chi connectivity index (χ3n) is 15.7. The highest BCUT2D eigenvalue weighted by Gasteiger charge is 2.22. The van der Waals surface area contributed by atoms with Gasteiger partial charge in [-0.1, -0.05) is 255 Å². The Morgan fingerprint density at radius 2 is 0.417 bits per heavy atom. The molecule has 13 aromatic carbocycles. The van der Waals surface area contributed by atoms with Crippen molar-refractivity contribution in [3.8, 4) is 89.3 Å². The lowest BCUT2D eigenvalue weighted by Gasteiger charge is -2.27. The Hall–Kier alpha value is -11.2. The monoisotopic (exact) mass is 1070 g/mol. The van der Waals surface area contributed by atoms with Crippen molar-refractivity contribution in [2.75, 3.05) is 9.80 Å². The fourth-order valence-corrected chi connectivity index (χ4v) is 11.7. The smallest absolute Gasteiger partial charge is 0.0973 e. The third kappa shape index (κ3) is 10.2. The molecule has 4 nitrogen and oxygen atoms in total. The van der Waals surface area contributed by atoms with E-state index in [9.17, 15) is 0 Å². The first-order chi connectivity index (χ1) is 41.7. The van der Waals surface area contributed by atoms with Crippen LogP contribution in [0.1, 0.15) is 0 Å². The number of para-hydroxylation sites is 6. The van der Waals surface area contributed by atoms with Gasteiger partial charge in [0.2, 0.25) is 0 Å². The van der Waals surface area contributed by atoms with Gasteiger partial charge in [0, 0.05) is 45.3 Å². The number of fused-ring (bicyclic) bond motifs is 1. The first-order valence-electron chi connectivity index (χ1n) is 28.6. The van der Waals surface area contributed by atoms with Crippen molar-refractivity contribution in [2.24, 2.45) is 0 Å². The molecule has 1 aromatic heterocycles. The highest BCUT2D eigenvalue weighted by molar-refractivity contribution is 5.97. The molecule has 0 atom stereocenters. The van der Waals surface area contributed by atoms with Gasteiger partial charge in [0.05, 0.1) is 22.4 Å². The van der Waals surface area contributed by atoms with Gasteiger partial charge in [-0.2, -0.15) is 0 Å². The lowest BCUT2D eigenvalue weighted by molar-refractivity contribution is 1.28. The van der Waals surface area contributed by atoms with E-state index < -0.39 is 0 Å². The van der Waals surface area contributed by atoms with Crippen LogP contribution in [0.25, 0.3) is 100 Å². The number of anilines is 6. The maximum absolute atomic E-state index is 5.40. The average molecular weight is 1070 g/mol. The van der Waals surface area contributed by atoms with Crippen LogP contribution in [0.2, 0.25) is 0 Å². The first-order valence-corrected chi connectivity index (χ1v) is 28.6. The summed E-state index contributed by atoms with van der Waals surface area (Å²) in [6.07, 6.45) is 0. The summed E-state index contributed by atoms with van der Waals surface area (Å²) in [5.41, 5.74) is 25.5. The summed E-state index contributed by atoms with van der Waals surface area (Å²) in [5, 5.41) is 0. The molecule has 14 rings (SSSR count). The topological polar surface area (TPSA) is 32.3 Å². The molecule has 0 aliphatic carbocycles. The summed E-state index contributed by atoms with van der Waals surface area (Å²) in [5.74, 6) is 0. The van der Waals surface area contributed by atoms with Crippen molar-refractivity contribution in [2.45, 2.75) is 0 Å². The minimum atomic E-state index is 0.822. The molecular weight excluding hydrogens is 1020 g/mol. The number of rotatable bonds is 14. The van der Waals surface area contributed by atoms with Crippen molar-refractivity contribution < 1.29 is 0 Å². The van der Waals surface area contributed by atoms with Crippen LogP contribution in [0.15, 0.2) is 340 Å². The van der Waals surface area contributed by atoms with Crippen LogP contribution in [0, 0.1) is 0 Å². The van der Waals surface area contributed by atoms with Crippen molar-refractivity contribution in [1.82, 2.24) is 9.97 Å². The molecule has 0 spiro atoms. The van der Waals surface area contributed by atoms with E-state index in [2.05, 4.69) is 337 Å². The Bertz CT molecular complexity index is 4180. The Kier molecular flexibility index (Phi) is 14.0. The third-order valence-corrected chi connectivity index (χ3v) is 15.7. The predicted molar refractivity (Wildman–Crippen MR) is 352 cm³/mol. The minimum absolute atomic E-state index is 0.822. The van der Waals surface area contributed by atoms with Crippen LogP contribution in [-0.2, 0) is 0 Å². The second-order valence-electron chi connectivity index (χ2n) is 20.9. The number of hydrogen-bond acceptors (Lipinski definition) is 4. The van der Waals surface area contributed by atoms with E-state index in [0.717, 1.165) is 112 Å². The zero-order valence-electron chi connectivity index (χ0n) is 46.1. The number of aromatic nitrogens is 2. The van der Waals surface area contributed by atoms with Crippen LogP contribution < -0.4 is 9.80 Å². The van der Waals surface area contributed by atoms with E-state index in [1.165, 1.54) is 22.3 Å². The Labute approximate surface area is 491 Å². The van der Waals surface area contributed by atoms with E-state index in [4.69, 9.17) is 9.97 Å². The zero-order chi connectivity index (χ0) is 56.0. The summed E-state index contributed by atoms with van der Waals surface area (Å²) in [6, 6.07) is 121. The maximum atomic E-state index is 5.40. The fourth-order valence-electron chi connectivity index (χ4n) is 11.7. The second kappa shape index (κ2) is 23.1. The number of hydrogen-bond donors (Lipinski definition) is 0. The molecule has 396 valence electrons. The van der Waals surface area contributed by atoms with Gasteiger partial charge in [0.25, 0.3) is 0 Å². The highest BCUT2D eigenvalue weighted by atomic mass is 15.1. The zero-order valence-corrected chi connectivity index (χ0v) is 46.1. The second-order valence-corrected chi connectivity index (χ2v) is 20.9. The van der Waals surface area contributed by atoms with E-state index in [1.54, 1.807) is 0 Å².